The molecule has 3 fully saturated rings. The monoisotopic (exact) mass is 545 g/mol. The van der Waals surface area contributed by atoms with E-state index in [9.17, 15) is 18.0 Å². The third-order valence-corrected chi connectivity index (χ3v) is 9.50. The van der Waals surface area contributed by atoms with Crippen molar-refractivity contribution in [2.45, 2.75) is 74.8 Å². The molecule has 0 atom stereocenters. The van der Waals surface area contributed by atoms with Gasteiger partial charge in [0.15, 0.2) is 17.2 Å². The van der Waals surface area contributed by atoms with Crippen LogP contribution in [0.2, 0.25) is 5.02 Å². The van der Waals surface area contributed by atoms with E-state index in [2.05, 4.69) is 15.0 Å². The maximum atomic E-state index is 12.7. The summed E-state index contributed by atoms with van der Waals surface area (Å²) in [6.07, 6.45) is 7.82. The molecule has 0 aliphatic heterocycles. The average molecular weight is 546 g/mol. The van der Waals surface area contributed by atoms with Crippen LogP contribution in [0.4, 0.5) is 0 Å². The van der Waals surface area contributed by atoms with Crippen LogP contribution in [0.15, 0.2) is 44.3 Å². The third kappa shape index (κ3) is 4.77. The minimum absolute atomic E-state index is 0.00736. The molecule has 3 saturated carbocycles. The van der Waals surface area contributed by atoms with Gasteiger partial charge < -0.3 is 14.2 Å². The smallest absolute Gasteiger partial charge is 0.297 e. The number of furan rings is 1. The summed E-state index contributed by atoms with van der Waals surface area (Å²) in [6.45, 7) is 0. The summed E-state index contributed by atoms with van der Waals surface area (Å²) in [5.41, 5.74) is 1.66. The van der Waals surface area contributed by atoms with Crippen LogP contribution in [-0.4, -0.2) is 31.3 Å². The van der Waals surface area contributed by atoms with Gasteiger partial charge in [0.05, 0.1) is 0 Å². The second-order valence-electron chi connectivity index (χ2n) is 10.8. The van der Waals surface area contributed by atoms with Crippen molar-refractivity contribution < 1.29 is 26.8 Å². The van der Waals surface area contributed by atoms with Crippen LogP contribution in [-0.2, 0) is 14.8 Å². The number of hydrogen-bond donors (Lipinski definition) is 2. The van der Waals surface area contributed by atoms with E-state index in [0.717, 1.165) is 61.9 Å². The normalized spacial score (nSPS) is 26.0. The molecule has 196 valence electrons. The van der Waals surface area contributed by atoms with Crippen LogP contribution in [0.1, 0.15) is 80.2 Å². The Bertz CT molecular complexity index is 1460. The Hall–Kier alpha value is -2.85. The van der Waals surface area contributed by atoms with Crippen molar-refractivity contribution in [3.05, 3.63) is 47.0 Å². The molecule has 37 heavy (non-hydrogen) atoms. The number of sulfonamides is 1. The fourth-order valence-electron chi connectivity index (χ4n) is 6.15. The molecule has 2 heterocycles. The average Bonchev–Trinajstić information content (AvgIpc) is 3.47. The highest BCUT2D eigenvalue weighted by atomic mass is 35.5. The molecule has 1 aromatic carbocycles. The molecule has 2 aromatic heterocycles. The van der Waals surface area contributed by atoms with E-state index in [1.807, 2.05) is 6.07 Å². The molecule has 0 saturated heterocycles. The zero-order valence-corrected chi connectivity index (χ0v) is 21.7. The SMILES string of the molecule is O=C(NC1CC2(C1)CC(c1nc3cc(Cl)ccc3o1)C2)c1ccc(S(=O)(=O)NC(=O)C2CCCCC2)o1. The zero-order valence-electron chi connectivity index (χ0n) is 20.2. The number of fused-ring (bicyclic) bond motifs is 1. The third-order valence-electron chi connectivity index (χ3n) is 8.05. The molecule has 0 unspecified atom stereocenters. The first-order valence-electron chi connectivity index (χ1n) is 12.7. The summed E-state index contributed by atoms with van der Waals surface area (Å²) < 4.78 is 38.5. The van der Waals surface area contributed by atoms with Gasteiger partial charge in [-0.15, -0.1) is 0 Å². The van der Waals surface area contributed by atoms with Crippen molar-refractivity contribution in [2.24, 2.45) is 11.3 Å². The number of nitrogens with one attached hydrogen (secondary N) is 2. The predicted octanol–water partition coefficient (Wildman–Crippen LogP) is 4.92. The molecule has 6 rings (SSSR count). The lowest BCUT2D eigenvalue weighted by Crippen LogP contribution is -2.55. The molecule has 0 radical (unpaired) electrons. The molecule has 3 aliphatic carbocycles. The molecule has 9 nitrogen and oxygen atoms in total. The highest BCUT2D eigenvalue weighted by molar-refractivity contribution is 7.89. The highest BCUT2D eigenvalue weighted by Gasteiger charge is 2.54. The Morgan fingerprint density at radius 3 is 2.51 bits per heavy atom. The van der Waals surface area contributed by atoms with E-state index >= 15 is 0 Å². The highest BCUT2D eigenvalue weighted by Crippen LogP contribution is 2.61. The van der Waals surface area contributed by atoms with Gasteiger partial charge in [-0.3, -0.25) is 9.59 Å². The summed E-state index contributed by atoms with van der Waals surface area (Å²) in [6, 6.07) is 7.93. The fourth-order valence-corrected chi connectivity index (χ4v) is 7.29. The minimum atomic E-state index is -4.17. The largest absolute Gasteiger partial charge is 0.440 e. The van der Waals surface area contributed by atoms with E-state index in [0.29, 0.717) is 17.9 Å². The Kier molecular flexibility index (Phi) is 6.06. The van der Waals surface area contributed by atoms with Crippen LogP contribution in [0.5, 0.6) is 0 Å². The standard InChI is InChI=1S/C26H28ClN3O6S/c27-17-6-7-20-19(10-17)29-25(36-20)16-11-26(12-16)13-18(14-26)28-24(32)21-8-9-22(35-21)37(33,34)30-23(31)15-4-2-1-3-5-15/h6-10,15-16,18H,1-5,11-14H2,(H,28,32)(H,30,31). The van der Waals surface area contributed by atoms with Gasteiger partial charge in [-0.2, -0.15) is 8.42 Å². The number of halogens is 1. The number of oxazole rings is 1. The van der Waals surface area contributed by atoms with Gasteiger partial charge in [-0.05, 0) is 74.3 Å². The number of rotatable bonds is 6. The first-order valence-corrected chi connectivity index (χ1v) is 14.6. The lowest BCUT2D eigenvalue weighted by Gasteiger charge is -2.57. The first-order chi connectivity index (χ1) is 17.7. The molecular formula is C26H28ClN3O6S. The van der Waals surface area contributed by atoms with Crippen molar-refractivity contribution in [2.75, 3.05) is 0 Å². The predicted molar refractivity (Wildman–Crippen MR) is 135 cm³/mol. The van der Waals surface area contributed by atoms with Gasteiger partial charge in [0.25, 0.3) is 15.9 Å². The Balaban J connectivity index is 1.00. The van der Waals surface area contributed by atoms with Gasteiger partial charge >= 0.3 is 0 Å². The van der Waals surface area contributed by atoms with Crippen molar-refractivity contribution in [3.8, 4) is 0 Å². The second kappa shape index (κ2) is 9.16. The van der Waals surface area contributed by atoms with Crippen molar-refractivity contribution >= 4 is 44.5 Å². The first kappa shape index (κ1) is 24.5. The van der Waals surface area contributed by atoms with Gasteiger partial charge in [0.2, 0.25) is 11.0 Å². The Labute approximate surface area is 219 Å². The number of amides is 2. The van der Waals surface area contributed by atoms with Gasteiger partial charge in [0.1, 0.15) is 5.52 Å². The van der Waals surface area contributed by atoms with Crippen LogP contribution >= 0.6 is 11.6 Å². The van der Waals surface area contributed by atoms with Crippen LogP contribution in [0.3, 0.4) is 0 Å². The van der Waals surface area contributed by atoms with Crippen LogP contribution < -0.4 is 10.0 Å². The molecule has 11 heteroatoms. The number of carbonyl (C=O) groups is 2. The molecule has 3 aliphatic rings. The van der Waals surface area contributed by atoms with Gasteiger partial charge in [0, 0.05) is 22.9 Å². The molecule has 2 amide bonds. The van der Waals surface area contributed by atoms with Crippen LogP contribution in [0, 0.1) is 11.3 Å². The minimum Gasteiger partial charge on any atom is -0.440 e. The van der Waals surface area contributed by atoms with Gasteiger partial charge in [-0.1, -0.05) is 30.9 Å². The lowest BCUT2D eigenvalue weighted by atomic mass is 9.50. The lowest BCUT2D eigenvalue weighted by molar-refractivity contribution is -0.124. The topological polar surface area (TPSA) is 132 Å². The van der Waals surface area contributed by atoms with Crippen LogP contribution in [0.25, 0.3) is 11.1 Å². The molecule has 0 bridgehead atoms. The summed E-state index contributed by atoms with van der Waals surface area (Å²) in [5, 5.41) is 3.12. The van der Waals surface area contributed by atoms with E-state index in [4.69, 9.17) is 20.4 Å². The molecular weight excluding hydrogens is 518 g/mol. The van der Waals surface area contributed by atoms with Gasteiger partial charge in [-0.25, -0.2) is 9.71 Å². The summed E-state index contributed by atoms with van der Waals surface area (Å²) >= 11 is 6.04. The zero-order chi connectivity index (χ0) is 25.8. The fraction of sp³-hybridized carbons (Fsp3) is 0.500. The van der Waals surface area contributed by atoms with E-state index < -0.39 is 26.9 Å². The molecule has 3 aromatic rings. The molecule has 2 N–H and O–H groups in total. The van der Waals surface area contributed by atoms with Crippen molar-refractivity contribution in [3.63, 3.8) is 0 Å². The Morgan fingerprint density at radius 1 is 1.00 bits per heavy atom. The summed E-state index contributed by atoms with van der Waals surface area (Å²) in [4.78, 5) is 29.6. The Morgan fingerprint density at radius 2 is 1.76 bits per heavy atom. The maximum absolute atomic E-state index is 12.7. The molecule has 1 spiro atoms. The number of nitrogens with zero attached hydrogens (tertiary/aromatic N) is 1. The quantitative estimate of drug-likeness (QED) is 0.449. The number of aromatic nitrogens is 1. The summed E-state index contributed by atoms with van der Waals surface area (Å²) in [7, 11) is -4.17. The second-order valence-corrected chi connectivity index (χ2v) is 12.8. The van der Waals surface area contributed by atoms with E-state index in [1.54, 1.807) is 12.1 Å². The number of hydrogen-bond acceptors (Lipinski definition) is 7. The number of carbonyl (C=O) groups excluding carboxylic acids is 2. The maximum Gasteiger partial charge on any atom is 0.297 e. The van der Waals surface area contributed by atoms with Crippen molar-refractivity contribution in [1.82, 2.24) is 15.0 Å². The number of benzene rings is 1. The summed E-state index contributed by atoms with van der Waals surface area (Å²) in [5.74, 6) is -0.392. The van der Waals surface area contributed by atoms with Crippen molar-refractivity contribution in [1.29, 1.82) is 0 Å². The van der Waals surface area contributed by atoms with E-state index in [1.165, 1.54) is 12.1 Å². The van der Waals surface area contributed by atoms with E-state index in [-0.39, 0.29) is 29.1 Å².